The Kier molecular flexibility index (Phi) is 3.83. The molecule has 0 aliphatic rings. The molecule has 2 heterocycles. The van der Waals surface area contributed by atoms with Crippen molar-refractivity contribution in [3.05, 3.63) is 70.0 Å². The molecule has 0 aliphatic carbocycles. The highest BCUT2D eigenvalue weighted by molar-refractivity contribution is 5.82. The third kappa shape index (κ3) is 3.10. The molecule has 0 atom stereocenters. The first-order chi connectivity index (χ1) is 12.8. The Morgan fingerprint density at radius 2 is 1.81 bits per heavy atom. The molecule has 0 bridgehead atoms. The molecule has 1 N–H and O–H groups in total. The van der Waals surface area contributed by atoms with Crippen molar-refractivity contribution in [3.8, 4) is 22.8 Å². The highest BCUT2D eigenvalue weighted by Crippen LogP contribution is 2.30. The van der Waals surface area contributed by atoms with Crippen molar-refractivity contribution in [1.29, 1.82) is 0 Å². The van der Waals surface area contributed by atoms with Crippen LogP contribution >= 0.6 is 0 Å². The zero-order chi connectivity index (χ0) is 19.2. The van der Waals surface area contributed by atoms with E-state index in [1.165, 1.54) is 18.3 Å². The first-order valence-corrected chi connectivity index (χ1v) is 7.97. The first kappa shape index (κ1) is 17.0. The quantitative estimate of drug-likeness (QED) is 0.560. The molecule has 0 unspecified atom stereocenters. The lowest BCUT2D eigenvalue weighted by Crippen LogP contribution is -2.06. The molecule has 0 amide bonds. The maximum Gasteiger partial charge on any atom is 0.416 e. The fourth-order valence-corrected chi connectivity index (χ4v) is 2.75. The predicted octanol–water partition coefficient (Wildman–Crippen LogP) is 4.57. The topological polar surface area (TPSA) is 71.8 Å². The van der Waals surface area contributed by atoms with Gasteiger partial charge in [0.1, 0.15) is 5.56 Å². The van der Waals surface area contributed by atoms with Crippen molar-refractivity contribution < 1.29 is 17.7 Å². The number of rotatable bonds is 2. The lowest BCUT2D eigenvalue weighted by Gasteiger charge is -2.05. The molecule has 4 rings (SSSR count). The van der Waals surface area contributed by atoms with Gasteiger partial charge in [0.25, 0.3) is 5.89 Å². The minimum absolute atomic E-state index is 0.00504. The maximum atomic E-state index is 12.7. The van der Waals surface area contributed by atoms with Crippen LogP contribution in [-0.4, -0.2) is 15.1 Å². The average molecular weight is 371 g/mol. The van der Waals surface area contributed by atoms with Crippen LogP contribution in [0, 0.1) is 6.92 Å². The number of hydrogen-bond acceptors (Lipinski definition) is 4. The fourth-order valence-electron chi connectivity index (χ4n) is 2.75. The lowest BCUT2D eigenvalue weighted by molar-refractivity contribution is -0.137. The van der Waals surface area contributed by atoms with Crippen molar-refractivity contribution in [2.75, 3.05) is 0 Å². The number of pyridine rings is 1. The zero-order valence-electron chi connectivity index (χ0n) is 14.0. The molecule has 2 aromatic carbocycles. The Morgan fingerprint density at radius 1 is 1.07 bits per heavy atom. The summed E-state index contributed by atoms with van der Waals surface area (Å²) < 4.78 is 43.1. The van der Waals surface area contributed by atoms with Gasteiger partial charge in [-0.3, -0.25) is 4.79 Å². The van der Waals surface area contributed by atoms with Crippen LogP contribution in [0.1, 0.15) is 11.1 Å². The summed E-state index contributed by atoms with van der Waals surface area (Å²) in [4.78, 5) is 19.9. The van der Waals surface area contributed by atoms with E-state index in [4.69, 9.17) is 4.52 Å². The van der Waals surface area contributed by atoms with Crippen LogP contribution in [0.15, 0.2) is 58.0 Å². The Morgan fingerprint density at radius 3 is 2.52 bits per heavy atom. The minimum Gasteiger partial charge on any atom is -0.360 e. The molecule has 136 valence electrons. The van der Waals surface area contributed by atoms with Gasteiger partial charge in [0, 0.05) is 22.7 Å². The van der Waals surface area contributed by atoms with Gasteiger partial charge in [-0.25, -0.2) is 0 Å². The van der Waals surface area contributed by atoms with Gasteiger partial charge in [-0.1, -0.05) is 28.9 Å². The number of H-pyrrole nitrogens is 1. The van der Waals surface area contributed by atoms with Gasteiger partial charge in [-0.15, -0.1) is 0 Å². The van der Waals surface area contributed by atoms with E-state index in [0.717, 1.165) is 17.7 Å². The number of aryl methyl sites for hydroxylation is 1. The van der Waals surface area contributed by atoms with Crippen molar-refractivity contribution in [3.63, 3.8) is 0 Å². The van der Waals surface area contributed by atoms with Crippen LogP contribution < -0.4 is 5.43 Å². The van der Waals surface area contributed by atoms with Gasteiger partial charge in [-0.2, -0.15) is 18.2 Å². The summed E-state index contributed by atoms with van der Waals surface area (Å²) in [5.74, 6) is 0.0945. The molecule has 8 heteroatoms. The van der Waals surface area contributed by atoms with Crippen LogP contribution in [0.25, 0.3) is 33.7 Å². The first-order valence-electron chi connectivity index (χ1n) is 7.97. The Labute approximate surface area is 150 Å². The van der Waals surface area contributed by atoms with Crippen LogP contribution in [0.4, 0.5) is 13.2 Å². The maximum absolute atomic E-state index is 12.7. The van der Waals surface area contributed by atoms with Gasteiger partial charge in [0.15, 0.2) is 0 Å². The third-order valence-corrected chi connectivity index (χ3v) is 4.16. The summed E-state index contributed by atoms with van der Waals surface area (Å²) in [5, 5.41) is 4.26. The SMILES string of the molecule is Cc1ccc2[nH]cc(-c3nc(-c4ccc(C(F)(F)F)cc4)no3)c(=O)c2c1. The second-order valence-electron chi connectivity index (χ2n) is 6.08. The van der Waals surface area contributed by atoms with Crippen LogP contribution in [0.3, 0.4) is 0 Å². The minimum atomic E-state index is -4.42. The number of aromatic amines is 1. The number of nitrogens with zero attached hydrogens (tertiary/aromatic N) is 2. The molecule has 2 aromatic heterocycles. The number of fused-ring (bicyclic) bond motifs is 1. The largest absolute Gasteiger partial charge is 0.416 e. The molecule has 27 heavy (non-hydrogen) atoms. The second kappa shape index (κ2) is 6.08. The highest BCUT2D eigenvalue weighted by atomic mass is 19.4. The van der Waals surface area contributed by atoms with Crippen LogP contribution in [0.2, 0.25) is 0 Å². The van der Waals surface area contributed by atoms with E-state index < -0.39 is 11.7 Å². The van der Waals surface area contributed by atoms with Gasteiger partial charge in [0.2, 0.25) is 11.3 Å². The summed E-state index contributed by atoms with van der Waals surface area (Å²) in [7, 11) is 0. The summed E-state index contributed by atoms with van der Waals surface area (Å²) in [6.45, 7) is 1.88. The van der Waals surface area contributed by atoms with Crippen LogP contribution in [-0.2, 0) is 6.18 Å². The monoisotopic (exact) mass is 371 g/mol. The Bertz CT molecular complexity index is 1190. The molecule has 0 aliphatic heterocycles. The van der Waals surface area contributed by atoms with E-state index in [1.807, 2.05) is 13.0 Å². The number of alkyl halides is 3. The molecular formula is C19H12F3N3O2. The average Bonchev–Trinajstić information content (AvgIpc) is 3.12. The summed E-state index contributed by atoms with van der Waals surface area (Å²) in [6, 6.07) is 9.83. The van der Waals surface area contributed by atoms with Crippen molar-refractivity contribution in [2.45, 2.75) is 13.1 Å². The fraction of sp³-hybridized carbons (Fsp3) is 0.105. The van der Waals surface area contributed by atoms with E-state index >= 15 is 0 Å². The smallest absolute Gasteiger partial charge is 0.360 e. The molecular weight excluding hydrogens is 359 g/mol. The van der Waals surface area contributed by atoms with Crippen molar-refractivity contribution in [2.24, 2.45) is 0 Å². The normalized spacial score (nSPS) is 11.9. The summed E-state index contributed by atoms with van der Waals surface area (Å²) in [6.07, 6.45) is -2.94. The van der Waals surface area contributed by atoms with E-state index in [-0.39, 0.29) is 22.7 Å². The van der Waals surface area contributed by atoms with Gasteiger partial charge >= 0.3 is 6.18 Å². The van der Waals surface area contributed by atoms with Crippen molar-refractivity contribution >= 4 is 10.9 Å². The van der Waals surface area contributed by atoms with Crippen LogP contribution in [0.5, 0.6) is 0 Å². The van der Waals surface area contributed by atoms with Gasteiger partial charge in [-0.05, 0) is 31.2 Å². The number of benzene rings is 2. The number of nitrogens with one attached hydrogen (secondary N) is 1. The molecule has 5 nitrogen and oxygen atoms in total. The lowest BCUT2D eigenvalue weighted by atomic mass is 10.1. The second-order valence-corrected chi connectivity index (χ2v) is 6.08. The zero-order valence-corrected chi connectivity index (χ0v) is 14.0. The highest BCUT2D eigenvalue weighted by Gasteiger charge is 2.30. The van der Waals surface area contributed by atoms with E-state index in [2.05, 4.69) is 15.1 Å². The number of hydrogen-bond donors (Lipinski definition) is 1. The van der Waals surface area contributed by atoms with Gasteiger partial charge < -0.3 is 9.51 Å². The molecule has 0 radical (unpaired) electrons. The van der Waals surface area contributed by atoms with E-state index in [0.29, 0.717) is 16.5 Å². The standard InChI is InChI=1S/C19H12F3N3O2/c1-10-2-7-15-13(8-10)16(26)14(9-23-15)18-24-17(25-27-18)11-3-5-12(6-4-11)19(20,21)22/h2-9H,1H3,(H,23,26). The molecule has 0 saturated carbocycles. The van der Waals surface area contributed by atoms with E-state index in [9.17, 15) is 18.0 Å². The molecule has 0 saturated heterocycles. The number of aromatic nitrogens is 3. The Balaban J connectivity index is 1.74. The summed E-state index contributed by atoms with van der Waals surface area (Å²) in [5.41, 5.74) is 1.12. The molecule has 0 spiro atoms. The Hall–Kier alpha value is -3.42. The van der Waals surface area contributed by atoms with Gasteiger partial charge in [0.05, 0.1) is 5.56 Å². The van der Waals surface area contributed by atoms with Crippen molar-refractivity contribution in [1.82, 2.24) is 15.1 Å². The molecule has 0 fully saturated rings. The predicted molar refractivity (Wildman–Crippen MR) is 93.0 cm³/mol. The van der Waals surface area contributed by atoms with E-state index in [1.54, 1.807) is 12.1 Å². The summed E-state index contributed by atoms with van der Waals surface area (Å²) >= 11 is 0. The molecule has 4 aromatic rings. The third-order valence-electron chi connectivity index (χ3n) is 4.16. The number of halogens is 3.